The number of rotatable bonds is 9. The van der Waals surface area contributed by atoms with E-state index in [-0.39, 0.29) is 23.4 Å². The smallest absolute Gasteiger partial charge is 0.410 e. The SMILES string of the molecule is CC(C)CCNc1c(F)c(NCCN2CCCC2)nc(N2CCN(C(=O)OC(C)(C)C)CC2)c1F. The molecular weight excluding hydrogens is 454 g/mol. The lowest BCUT2D eigenvalue weighted by Crippen LogP contribution is -2.50. The van der Waals surface area contributed by atoms with Crippen LogP contribution in [0, 0.1) is 17.6 Å². The predicted octanol–water partition coefficient (Wildman–Crippen LogP) is 4.38. The van der Waals surface area contributed by atoms with Gasteiger partial charge in [-0.2, -0.15) is 0 Å². The number of piperazine rings is 1. The molecule has 0 unspecified atom stereocenters. The highest BCUT2D eigenvalue weighted by Crippen LogP contribution is 2.32. The molecule has 198 valence electrons. The summed E-state index contributed by atoms with van der Waals surface area (Å²) in [5.41, 5.74) is -0.723. The standard InChI is InChI=1S/C25H42F2N6O2/c1-18(2)8-9-28-21-19(26)22(29-10-13-31-11-6-7-12-31)30-23(20(21)27)32-14-16-33(17-15-32)24(34)35-25(3,4)5/h18H,6-17H2,1-5H3,(H2,28,29,30). The summed E-state index contributed by atoms with van der Waals surface area (Å²) in [6.07, 6.45) is 2.78. The first-order chi connectivity index (χ1) is 16.5. The second-order valence-corrected chi connectivity index (χ2v) is 10.8. The molecule has 0 saturated carbocycles. The summed E-state index contributed by atoms with van der Waals surface area (Å²) in [6.45, 7) is 15.0. The molecule has 10 heteroatoms. The van der Waals surface area contributed by atoms with E-state index in [1.165, 1.54) is 12.8 Å². The fraction of sp³-hybridized carbons (Fsp3) is 0.760. The van der Waals surface area contributed by atoms with Crippen LogP contribution in [0.15, 0.2) is 0 Å². The van der Waals surface area contributed by atoms with Gasteiger partial charge in [-0.1, -0.05) is 13.8 Å². The van der Waals surface area contributed by atoms with Crippen LogP contribution < -0.4 is 15.5 Å². The van der Waals surface area contributed by atoms with Crippen molar-refractivity contribution >= 4 is 23.4 Å². The zero-order valence-electron chi connectivity index (χ0n) is 21.9. The largest absolute Gasteiger partial charge is 0.444 e. The second kappa shape index (κ2) is 12.1. The molecule has 35 heavy (non-hydrogen) atoms. The summed E-state index contributed by atoms with van der Waals surface area (Å²) in [6, 6.07) is 0. The first-order valence-electron chi connectivity index (χ1n) is 12.9. The van der Waals surface area contributed by atoms with Crippen LogP contribution >= 0.6 is 0 Å². The molecule has 2 saturated heterocycles. The van der Waals surface area contributed by atoms with Crippen LogP contribution in [0.4, 0.5) is 30.9 Å². The molecule has 0 aliphatic carbocycles. The van der Waals surface area contributed by atoms with Gasteiger partial charge < -0.3 is 30.1 Å². The Morgan fingerprint density at radius 3 is 2.26 bits per heavy atom. The summed E-state index contributed by atoms with van der Waals surface area (Å²) in [4.78, 5) is 22.5. The van der Waals surface area contributed by atoms with E-state index in [4.69, 9.17) is 4.74 Å². The zero-order valence-corrected chi connectivity index (χ0v) is 21.9. The maximum atomic E-state index is 15.5. The van der Waals surface area contributed by atoms with E-state index in [1.807, 2.05) is 20.8 Å². The average molecular weight is 497 g/mol. The monoisotopic (exact) mass is 496 g/mol. The number of pyridine rings is 1. The predicted molar refractivity (Wildman–Crippen MR) is 136 cm³/mol. The lowest BCUT2D eigenvalue weighted by atomic mass is 10.1. The quantitative estimate of drug-likeness (QED) is 0.526. The normalized spacial score (nSPS) is 17.3. The molecule has 0 radical (unpaired) electrons. The van der Waals surface area contributed by atoms with Crippen molar-refractivity contribution in [2.24, 2.45) is 5.92 Å². The van der Waals surface area contributed by atoms with Crippen LogP contribution in [0.2, 0.25) is 0 Å². The van der Waals surface area contributed by atoms with Gasteiger partial charge in [0.05, 0.1) is 0 Å². The molecule has 8 nitrogen and oxygen atoms in total. The summed E-state index contributed by atoms with van der Waals surface area (Å²) in [5, 5.41) is 6.06. The minimum absolute atomic E-state index is 0.0576. The number of carbonyl (C=O) groups excluding carboxylic acids is 1. The Morgan fingerprint density at radius 1 is 1.00 bits per heavy atom. The van der Waals surface area contributed by atoms with Gasteiger partial charge in [-0.15, -0.1) is 0 Å². The van der Waals surface area contributed by atoms with E-state index in [9.17, 15) is 4.79 Å². The van der Waals surface area contributed by atoms with Gasteiger partial charge in [0, 0.05) is 45.8 Å². The fourth-order valence-electron chi connectivity index (χ4n) is 4.26. The number of nitrogens with zero attached hydrogens (tertiary/aromatic N) is 4. The third-order valence-electron chi connectivity index (χ3n) is 6.23. The number of hydrogen-bond donors (Lipinski definition) is 2. The minimum Gasteiger partial charge on any atom is -0.444 e. The first-order valence-corrected chi connectivity index (χ1v) is 12.9. The van der Waals surface area contributed by atoms with Gasteiger partial charge in [0.1, 0.15) is 11.3 Å². The molecule has 3 heterocycles. The number of anilines is 3. The van der Waals surface area contributed by atoms with Crippen LogP contribution in [0.25, 0.3) is 0 Å². The van der Waals surface area contributed by atoms with Crippen molar-refractivity contribution in [1.29, 1.82) is 0 Å². The lowest BCUT2D eigenvalue weighted by Gasteiger charge is -2.36. The third kappa shape index (κ3) is 7.81. The number of likely N-dealkylation sites (tertiary alicyclic amines) is 1. The van der Waals surface area contributed by atoms with Gasteiger partial charge in [0.2, 0.25) is 0 Å². The van der Waals surface area contributed by atoms with E-state index in [2.05, 4.69) is 34.4 Å². The number of halogens is 2. The van der Waals surface area contributed by atoms with Gasteiger partial charge in [0.25, 0.3) is 0 Å². The Balaban J connectivity index is 1.74. The van der Waals surface area contributed by atoms with Crippen LogP contribution in [-0.4, -0.2) is 85.4 Å². The van der Waals surface area contributed by atoms with Crippen molar-refractivity contribution in [2.75, 3.05) is 74.4 Å². The molecule has 3 rings (SSSR count). The van der Waals surface area contributed by atoms with E-state index >= 15 is 8.78 Å². The molecule has 1 aromatic heterocycles. The van der Waals surface area contributed by atoms with Gasteiger partial charge in [-0.25, -0.2) is 18.6 Å². The van der Waals surface area contributed by atoms with Crippen LogP contribution in [-0.2, 0) is 4.74 Å². The van der Waals surface area contributed by atoms with Crippen LogP contribution in [0.5, 0.6) is 0 Å². The number of ether oxygens (including phenoxy) is 1. The Kier molecular flexibility index (Phi) is 9.38. The number of hydrogen-bond acceptors (Lipinski definition) is 7. The van der Waals surface area contributed by atoms with Crippen molar-refractivity contribution < 1.29 is 18.3 Å². The van der Waals surface area contributed by atoms with Crippen molar-refractivity contribution in [3.63, 3.8) is 0 Å². The zero-order chi connectivity index (χ0) is 25.6. The summed E-state index contributed by atoms with van der Waals surface area (Å²) in [7, 11) is 0. The molecule has 2 aliphatic heterocycles. The topological polar surface area (TPSA) is 73.0 Å². The Morgan fingerprint density at radius 2 is 1.66 bits per heavy atom. The van der Waals surface area contributed by atoms with Crippen LogP contribution in [0.3, 0.4) is 0 Å². The second-order valence-electron chi connectivity index (χ2n) is 10.8. The maximum Gasteiger partial charge on any atom is 0.410 e. The number of carbonyl (C=O) groups is 1. The van der Waals surface area contributed by atoms with E-state index in [0.29, 0.717) is 45.2 Å². The fourth-order valence-corrected chi connectivity index (χ4v) is 4.26. The maximum absolute atomic E-state index is 15.5. The van der Waals surface area contributed by atoms with E-state index < -0.39 is 17.2 Å². The molecule has 0 bridgehead atoms. The Bertz CT molecular complexity index is 847. The molecule has 0 spiro atoms. The molecule has 2 N–H and O–H groups in total. The molecule has 1 amide bonds. The van der Waals surface area contributed by atoms with Crippen molar-refractivity contribution in [3.8, 4) is 0 Å². The highest BCUT2D eigenvalue weighted by atomic mass is 19.1. The van der Waals surface area contributed by atoms with Gasteiger partial charge in [-0.05, 0) is 59.0 Å². The van der Waals surface area contributed by atoms with Crippen molar-refractivity contribution in [1.82, 2.24) is 14.8 Å². The van der Waals surface area contributed by atoms with E-state index in [0.717, 1.165) is 26.1 Å². The molecular formula is C25H42F2N6O2. The van der Waals surface area contributed by atoms with Crippen molar-refractivity contribution in [3.05, 3.63) is 11.6 Å². The van der Waals surface area contributed by atoms with Crippen molar-refractivity contribution in [2.45, 2.75) is 59.5 Å². The number of amides is 1. The summed E-state index contributed by atoms with van der Waals surface area (Å²) in [5.74, 6) is -0.812. The third-order valence-corrected chi connectivity index (χ3v) is 6.23. The summed E-state index contributed by atoms with van der Waals surface area (Å²) < 4.78 is 36.3. The van der Waals surface area contributed by atoms with Gasteiger partial charge in [0.15, 0.2) is 23.3 Å². The van der Waals surface area contributed by atoms with Gasteiger partial charge in [-0.3, -0.25) is 0 Å². The first kappa shape index (κ1) is 27.2. The molecule has 0 atom stereocenters. The Hall–Kier alpha value is -2.36. The van der Waals surface area contributed by atoms with Gasteiger partial charge >= 0.3 is 6.09 Å². The molecule has 2 fully saturated rings. The lowest BCUT2D eigenvalue weighted by molar-refractivity contribution is 0.0240. The average Bonchev–Trinajstić information content (AvgIpc) is 3.30. The highest BCUT2D eigenvalue weighted by Gasteiger charge is 2.30. The molecule has 0 aromatic carbocycles. The molecule has 2 aliphatic rings. The van der Waals surface area contributed by atoms with Crippen LogP contribution in [0.1, 0.15) is 53.9 Å². The number of nitrogens with one attached hydrogen (secondary N) is 2. The Labute approximate surface area is 208 Å². The molecule has 1 aromatic rings. The highest BCUT2D eigenvalue weighted by molar-refractivity contribution is 5.69. The summed E-state index contributed by atoms with van der Waals surface area (Å²) >= 11 is 0. The van der Waals surface area contributed by atoms with E-state index in [1.54, 1.807) is 9.80 Å². The number of aromatic nitrogens is 1. The minimum atomic E-state index is -0.693.